The predicted octanol–water partition coefficient (Wildman–Crippen LogP) is 1.01. The Morgan fingerprint density at radius 1 is 1.67 bits per heavy atom. The maximum absolute atomic E-state index is 11.1. The molecule has 1 amide bonds. The number of hydrogen-bond donors (Lipinski definition) is 2. The van der Waals surface area contributed by atoms with Gasteiger partial charge in [-0.2, -0.15) is 5.10 Å². The summed E-state index contributed by atoms with van der Waals surface area (Å²) in [6.07, 6.45) is 0.853. The van der Waals surface area contributed by atoms with Crippen LogP contribution in [-0.4, -0.2) is 33.6 Å². The summed E-state index contributed by atoms with van der Waals surface area (Å²) >= 11 is 0. The van der Waals surface area contributed by atoms with Crippen LogP contribution in [0.2, 0.25) is 0 Å². The summed E-state index contributed by atoms with van der Waals surface area (Å²) in [5.41, 5.74) is 0.554. The van der Waals surface area contributed by atoms with Gasteiger partial charge in [0.15, 0.2) is 0 Å². The number of carbonyl (C=O) groups excluding carboxylic acids is 1. The van der Waals surface area contributed by atoms with Crippen molar-refractivity contribution in [1.82, 2.24) is 15.1 Å². The van der Waals surface area contributed by atoms with Crippen LogP contribution in [0.5, 0.6) is 0 Å². The molecule has 7 nitrogen and oxygen atoms in total. The Hall–Kier alpha value is -2.31. The molecule has 2 N–H and O–H groups in total. The lowest BCUT2D eigenvalue weighted by molar-refractivity contribution is 0.0683. The van der Waals surface area contributed by atoms with E-state index >= 15 is 0 Å². The van der Waals surface area contributed by atoms with E-state index in [0.29, 0.717) is 12.2 Å². The highest BCUT2D eigenvalue weighted by molar-refractivity contribution is 5.85. The fourth-order valence-corrected chi connectivity index (χ4v) is 1.32. The van der Waals surface area contributed by atoms with Gasteiger partial charge >= 0.3 is 12.1 Å². The number of amides is 1. The van der Waals surface area contributed by atoms with Gasteiger partial charge in [0.2, 0.25) is 0 Å². The lowest BCUT2D eigenvalue weighted by Crippen LogP contribution is -2.24. The minimum Gasteiger partial charge on any atom is -0.477 e. The Balaban J connectivity index is 2.60. The number of carboxylic acids is 1. The summed E-state index contributed by atoms with van der Waals surface area (Å²) in [4.78, 5) is 22.0. The van der Waals surface area contributed by atoms with E-state index in [0.717, 1.165) is 0 Å². The third-order valence-corrected chi connectivity index (χ3v) is 2.10. The zero-order chi connectivity index (χ0) is 13.5. The number of aromatic carboxylic acids is 1. The molecule has 0 aliphatic heterocycles. The molecule has 1 aromatic heterocycles. The second-order valence-corrected chi connectivity index (χ2v) is 3.38. The summed E-state index contributed by atoms with van der Waals surface area (Å²) in [6, 6.07) is 1.42. The van der Waals surface area contributed by atoms with Gasteiger partial charge in [0.25, 0.3) is 0 Å². The van der Waals surface area contributed by atoms with Crippen molar-refractivity contribution in [3.63, 3.8) is 0 Å². The smallest absolute Gasteiger partial charge is 0.407 e. The number of carbonyl (C=O) groups is 2. The number of rotatable bonds is 6. The van der Waals surface area contributed by atoms with Crippen LogP contribution in [0.15, 0.2) is 18.7 Å². The molecule has 98 valence electrons. The van der Waals surface area contributed by atoms with Crippen molar-refractivity contribution in [2.75, 3.05) is 6.61 Å². The van der Waals surface area contributed by atoms with Crippen molar-refractivity contribution >= 4 is 12.1 Å². The molecule has 0 fully saturated rings. The van der Waals surface area contributed by atoms with Gasteiger partial charge in [-0.05, 0) is 13.0 Å². The molecule has 0 spiro atoms. The summed E-state index contributed by atoms with van der Waals surface area (Å²) in [6.45, 7) is 5.88. The largest absolute Gasteiger partial charge is 0.477 e. The number of alkyl carbamates (subject to hydrolysis) is 1. The Bertz CT molecular complexity index is 453. The summed E-state index contributed by atoms with van der Waals surface area (Å²) < 4.78 is 6.06. The molecule has 1 rings (SSSR count). The molecule has 18 heavy (non-hydrogen) atoms. The van der Waals surface area contributed by atoms with Crippen LogP contribution >= 0.6 is 0 Å². The van der Waals surface area contributed by atoms with E-state index in [1.807, 2.05) is 0 Å². The molecule has 0 atom stereocenters. The molecule has 1 heterocycles. The van der Waals surface area contributed by atoms with E-state index in [1.165, 1.54) is 16.8 Å². The average molecular weight is 253 g/mol. The van der Waals surface area contributed by atoms with Crippen molar-refractivity contribution < 1.29 is 19.4 Å². The number of carboxylic acid groups (broad SMARTS) is 1. The molecule has 0 aliphatic rings. The molecule has 0 unspecified atom stereocenters. The van der Waals surface area contributed by atoms with Crippen molar-refractivity contribution in [2.24, 2.45) is 0 Å². The van der Waals surface area contributed by atoms with Crippen LogP contribution in [0.3, 0.4) is 0 Å². The van der Waals surface area contributed by atoms with Crippen molar-refractivity contribution in [3.8, 4) is 0 Å². The lowest BCUT2D eigenvalue weighted by atomic mass is 10.3. The maximum atomic E-state index is 11.1. The monoisotopic (exact) mass is 253 g/mol. The van der Waals surface area contributed by atoms with Gasteiger partial charge in [-0.25, -0.2) is 9.59 Å². The minimum absolute atomic E-state index is 0.0914. The second-order valence-electron chi connectivity index (χ2n) is 3.38. The normalized spacial score (nSPS) is 9.83. The molecule has 0 saturated heterocycles. The highest BCUT2D eigenvalue weighted by atomic mass is 16.5. The van der Waals surface area contributed by atoms with Gasteiger partial charge in [0, 0.05) is 6.54 Å². The first-order chi connectivity index (χ1) is 8.58. The number of hydrogen-bond acceptors (Lipinski definition) is 4. The summed E-state index contributed by atoms with van der Waals surface area (Å²) in [5.74, 6) is -1.05. The van der Waals surface area contributed by atoms with Gasteiger partial charge in [-0.15, -0.1) is 0 Å². The average Bonchev–Trinajstić information content (AvgIpc) is 2.77. The minimum atomic E-state index is -1.05. The van der Waals surface area contributed by atoms with Gasteiger partial charge < -0.3 is 15.2 Å². The van der Waals surface area contributed by atoms with E-state index in [9.17, 15) is 9.59 Å². The number of nitrogens with zero attached hydrogens (tertiary/aromatic N) is 2. The van der Waals surface area contributed by atoms with Gasteiger partial charge in [0.1, 0.15) is 12.3 Å². The van der Waals surface area contributed by atoms with E-state index < -0.39 is 12.1 Å². The first-order valence-corrected chi connectivity index (χ1v) is 5.40. The number of nitrogens with one attached hydrogen (secondary N) is 1. The Kier molecular flexibility index (Phi) is 4.91. The quantitative estimate of drug-likeness (QED) is 0.738. The topological polar surface area (TPSA) is 93.5 Å². The molecular formula is C11H15N3O4. The van der Waals surface area contributed by atoms with E-state index in [2.05, 4.69) is 17.0 Å². The van der Waals surface area contributed by atoms with Crippen LogP contribution in [0, 0.1) is 0 Å². The van der Waals surface area contributed by atoms with Crippen molar-refractivity contribution in [2.45, 2.75) is 20.0 Å². The molecule has 7 heteroatoms. The second kappa shape index (κ2) is 6.43. The van der Waals surface area contributed by atoms with Gasteiger partial charge in [-0.3, -0.25) is 4.68 Å². The van der Waals surface area contributed by atoms with Crippen LogP contribution in [0.1, 0.15) is 23.1 Å². The van der Waals surface area contributed by atoms with E-state index in [-0.39, 0.29) is 18.8 Å². The SMILES string of the molecule is C=CCOC(=O)NCc1cc(C(=O)O)n(CC)n1. The number of aryl methyl sites for hydroxylation is 1. The zero-order valence-corrected chi connectivity index (χ0v) is 10.0. The standard InChI is InChI=1S/C11H15N3O4/c1-3-5-18-11(17)12-7-8-6-9(10(15)16)14(4-2)13-8/h3,6H,1,4-5,7H2,2H3,(H,12,17)(H,15,16). The third-order valence-electron chi connectivity index (χ3n) is 2.10. The molecule has 0 radical (unpaired) electrons. The molecule has 0 aliphatic carbocycles. The highest BCUT2D eigenvalue weighted by Gasteiger charge is 2.13. The van der Waals surface area contributed by atoms with Crippen LogP contribution in [-0.2, 0) is 17.8 Å². The van der Waals surface area contributed by atoms with Gasteiger partial charge in [-0.1, -0.05) is 12.7 Å². The van der Waals surface area contributed by atoms with Gasteiger partial charge in [0.05, 0.1) is 12.2 Å². The van der Waals surface area contributed by atoms with Crippen LogP contribution in [0.4, 0.5) is 4.79 Å². The Morgan fingerprint density at radius 3 is 2.89 bits per heavy atom. The molecule has 0 bridgehead atoms. The molecule has 1 aromatic rings. The highest BCUT2D eigenvalue weighted by Crippen LogP contribution is 2.04. The maximum Gasteiger partial charge on any atom is 0.407 e. The van der Waals surface area contributed by atoms with E-state index in [1.54, 1.807) is 6.92 Å². The Morgan fingerprint density at radius 2 is 2.39 bits per heavy atom. The molecule has 0 saturated carbocycles. The third kappa shape index (κ3) is 3.62. The first-order valence-electron chi connectivity index (χ1n) is 5.40. The number of aromatic nitrogens is 2. The summed E-state index contributed by atoms with van der Waals surface area (Å²) in [5, 5.41) is 15.4. The fourth-order valence-electron chi connectivity index (χ4n) is 1.32. The van der Waals surface area contributed by atoms with E-state index in [4.69, 9.17) is 9.84 Å². The predicted molar refractivity (Wildman–Crippen MR) is 63.2 cm³/mol. The molecule has 0 aromatic carbocycles. The summed E-state index contributed by atoms with van der Waals surface area (Å²) in [7, 11) is 0. The first kappa shape index (κ1) is 13.8. The number of ether oxygens (including phenoxy) is 1. The zero-order valence-electron chi connectivity index (χ0n) is 10.0. The lowest BCUT2D eigenvalue weighted by Gasteiger charge is -2.02. The van der Waals surface area contributed by atoms with Crippen LogP contribution < -0.4 is 5.32 Å². The Labute approximate surface area is 104 Å². The van der Waals surface area contributed by atoms with Crippen molar-refractivity contribution in [1.29, 1.82) is 0 Å². The molecular weight excluding hydrogens is 238 g/mol. The van der Waals surface area contributed by atoms with Crippen LogP contribution in [0.25, 0.3) is 0 Å². The van der Waals surface area contributed by atoms with Crippen molar-refractivity contribution in [3.05, 3.63) is 30.1 Å². The fraction of sp³-hybridized carbons (Fsp3) is 0.364.